The Hall–Kier alpha value is -2.08. The fourth-order valence-corrected chi connectivity index (χ4v) is 5.32. The van der Waals surface area contributed by atoms with E-state index in [2.05, 4.69) is 15.0 Å². The molecule has 1 aliphatic carbocycles. The van der Waals surface area contributed by atoms with Crippen molar-refractivity contribution in [1.82, 2.24) is 14.6 Å². The first-order chi connectivity index (χ1) is 14.5. The van der Waals surface area contributed by atoms with Crippen molar-refractivity contribution in [2.75, 3.05) is 42.8 Å². The average Bonchev–Trinajstić information content (AvgIpc) is 3.16. The van der Waals surface area contributed by atoms with Gasteiger partial charge in [0.2, 0.25) is 10.0 Å². The van der Waals surface area contributed by atoms with Crippen LogP contribution in [0.25, 0.3) is 0 Å². The third-order valence-electron chi connectivity index (χ3n) is 6.21. The van der Waals surface area contributed by atoms with Gasteiger partial charge in [-0.2, -0.15) is 13.2 Å². The zero-order chi connectivity index (χ0) is 22.4. The lowest BCUT2D eigenvalue weighted by molar-refractivity contribution is -0.141. The Morgan fingerprint density at radius 3 is 2.61 bits per heavy atom. The van der Waals surface area contributed by atoms with Crippen LogP contribution in [-0.4, -0.2) is 69.0 Å². The molecule has 0 spiro atoms. The van der Waals surface area contributed by atoms with Crippen molar-refractivity contribution in [1.29, 1.82) is 0 Å². The van der Waals surface area contributed by atoms with E-state index in [1.54, 1.807) is 0 Å². The maximum Gasteiger partial charge on any atom is 0.406 e. The summed E-state index contributed by atoms with van der Waals surface area (Å²) in [5.41, 5.74) is 1.81. The molecule has 2 N–H and O–H groups in total. The van der Waals surface area contributed by atoms with Crippen LogP contribution in [0.3, 0.4) is 0 Å². The molecule has 8 nitrogen and oxygen atoms in total. The summed E-state index contributed by atoms with van der Waals surface area (Å²) < 4.78 is 64.6. The Morgan fingerprint density at radius 1 is 1.26 bits per heavy atom. The predicted octanol–water partition coefficient (Wildman–Crippen LogP) is 1.94. The van der Waals surface area contributed by atoms with Gasteiger partial charge in [-0.15, -0.1) is 0 Å². The zero-order valence-electron chi connectivity index (χ0n) is 17.2. The minimum absolute atomic E-state index is 0.0239. The topological polar surface area (TPSA) is 94.6 Å². The van der Waals surface area contributed by atoms with Gasteiger partial charge in [0.15, 0.2) is 0 Å². The van der Waals surface area contributed by atoms with Crippen molar-refractivity contribution >= 4 is 27.4 Å². The van der Waals surface area contributed by atoms with E-state index in [0.717, 1.165) is 29.6 Å². The molecule has 31 heavy (non-hydrogen) atoms. The largest absolute Gasteiger partial charge is 0.406 e. The molecular formula is C19H26F3N5O3S. The molecule has 0 bridgehead atoms. The number of sulfonamides is 1. The molecule has 1 aromatic heterocycles. The number of amides is 1. The number of aromatic nitrogens is 1. The van der Waals surface area contributed by atoms with Crippen molar-refractivity contribution in [2.45, 2.75) is 44.3 Å². The highest BCUT2D eigenvalue weighted by atomic mass is 32.2. The summed E-state index contributed by atoms with van der Waals surface area (Å²) in [5.74, 6) is 0.233. The predicted molar refractivity (Wildman–Crippen MR) is 109 cm³/mol. The molecule has 1 saturated carbocycles. The Labute approximate surface area is 179 Å². The Morgan fingerprint density at radius 2 is 1.97 bits per heavy atom. The van der Waals surface area contributed by atoms with Crippen molar-refractivity contribution in [2.24, 2.45) is 5.92 Å². The van der Waals surface area contributed by atoms with Crippen LogP contribution in [0.1, 0.15) is 41.6 Å². The molecule has 0 atom stereocenters. The number of hydrogen-bond acceptors (Lipinski definition) is 6. The van der Waals surface area contributed by atoms with Crippen molar-refractivity contribution in [3.05, 3.63) is 17.3 Å². The van der Waals surface area contributed by atoms with Crippen LogP contribution in [0.2, 0.25) is 0 Å². The number of halogens is 3. The summed E-state index contributed by atoms with van der Waals surface area (Å²) in [7, 11) is -3.26. The lowest BCUT2D eigenvalue weighted by atomic mass is 9.84. The lowest BCUT2D eigenvalue weighted by Crippen LogP contribution is -2.54. The maximum atomic E-state index is 13.1. The second-order valence-electron chi connectivity index (χ2n) is 8.55. The summed E-state index contributed by atoms with van der Waals surface area (Å²) in [6.45, 7) is -0.371. The number of carbonyl (C=O) groups excluding carboxylic acids is 1. The molecule has 1 aromatic rings. The first kappa shape index (κ1) is 22.1. The van der Waals surface area contributed by atoms with Gasteiger partial charge in [-0.1, -0.05) is 0 Å². The number of nitrogens with one attached hydrogen (secondary N) is 2. The minimum Gasteiger partial charge on any atom is -0.369 e. The van der Waals surface area contributed by atoms with Gasteiger partial charge in [0.25, 0.3) is 5.91 Å². The van der Waals surface area contributed by atoms with Crippen LogP contribution in [-0.2, 0) is 16.4 Å². The number of fused-ring (bicyclic) bond motifs is 3. The molecule has 1 fully saturated rings. The second-order valence-corrected chi connectivity index (χ2v) is 10.4. The van der Waals surface area contributed by atoms with Crippen molar-refractivity contribution in [3.63, 3.8) is 0 Å². The lowest BCUT2D eigenvalue weighted by Gasteiger charge is -2.45. The van der Waals surface area contributed by atoms with Gasteiger partial charge in [-0.25, -0.2) is 18.1 Å². The van der Waals surface area contributed by atoms with Gasteiger partial charge in [0, 0.05) is 30.9 Å². The Balaban J connectivity index is 1.57. The molecule has 12 heteroatoms. The number of anilines is 2. The first-order valence-corrected chi connectivity index (χ1v) is 12.2. The Bertz CT molecular complexity index is 961. The second kappa shape index (κ2) is 8.12. The number of carbonyl (C=O) groups is 1. The van der Waals surface area contributed by atoms with Crippen molar-refractivity contribution < 1.29 is 26.4 Å². The fourth-order valence-electron chi connectivity index (χ4n) is 4.78. The smallest absolute Gasteiger partial charge is 0.369 e. The number of alkyl halides is 3. The number of rotatable bonds is 5. The molecule has 0 unspecified atom stereocenters. The molecule has 4 rings (SSSR count). The van der Waals surface area contributed by atoms with Gasteiger partial charge in [-0.05, 0) is 38.0 Å². The van der Waals surface area contributed by atoms with E-state index in [1.807, 2.05) is 4.90 Å². The highest BCUT2D eigenvalue weighted by Gasteiger charge is 2.42. The summed E-state index contributed by atoms with van der Waals surface area (Å²) in [6, 6.07) is -0.0239. The van der Waals surface area contributed by atoms with Crippen LogP contribution in [0.4, 0.5) is 24.7 Å². The van der Waals surface area contributed by atoms with Gasteiger partial charge in [0.1, 0.15) is 12.4 Å². The van der Waals surface area contributed by atoms with Gasteiger partial charge in [-0.3, -0.25) is 4.79 Å². The molecule has 0 aromatic carbocycles. The first-order valence-electron chi connectivity index (χ1n) is 10.3. The van der Waals surface area contributed by atoms with E-state index in [1.165, 1.54) is 6.20 Å². The Kier molecular flexibility index (Phi) is 5.80. The van der Waals surface area contributed by atoms with Crippen LogP contribution in [0.15, 0.2) is 6.20 Å². The number of hydrogen-bond donors (Lipinski definition) is 2. The van der Waals surface area contributed by atoms with E-state index in [9.17, 15) is 26.4 Å². The highest BCUT2D eigenvalue weighted by molar-refractivity contribution is 7.88. The van der Waals surface area contributed by atoms with Crippen LogP contribution >= 0.6 is 0 Å². The van der Waals surface area contributed by atoms with E-state index in [4.69, 9.17) is 0 Å². The van der Waals surface area contributed by atoms with Crippen LogP contribution < -0.4 is 14.9 Å². The quantitative estimate of drug-likeness (QED) is 0.696. The van der Waals surface area contributed by atoms with Gasteiger partial charge in [0.05, 0.1) is 24.2 Å². The molecule has 0 radical (unpaired) electrons. The molecule has 3 heterocycles. The van der Waals surface area contributed by atoms with E-state index in [-0.39, 0.29) is 24.2 Å². The van der Waals surface area contributed by atoms with Crippen molar-refractivity contribution in [3.8, 4) is 0 Å². The summed E-state index contributed by atoms with van der Waals surface area (Å²) in [6.07, 6.45) is 1.64. The van der Waals surface area contributed by atoms with E-state index < -0.39 is 28.7 Å². The SMILES string of the molecule is CS(=O)(=O)NC[C@H]1CC[C@H](N2CN(CC(F)(F)F)C(=O)c3cnc4c(c32)CCN4)CC1. The number of pyridine rings is 1. The van der Waals surface area contributed by atoms with Gasteiger partial charge >= 0.3 is 6.18 Å². The fraction of sp³-hybridized carbons (Fsp3) is 0.684. The maximum absolute atomic E-state index is 13.1. The monoisotopic (exact) mass is 461 g/mol. The standard InChI is InChI=1S/C19H26F3N5O3S/c1-31(29,30)25-8-12-2-4-13(5-3-12)27-11-26(10-19(20,21)22)18(28)15-9-24-17-14(16(15)27)6-7-23-17/h9,12-13,25H,2-8,10-11H2,1H3,(H,23,24)/t12-,13-. The molecule has 1 amide bonds. The van der Waals surface area contributed by atoms with E-state index in [0.29, 0.717) is 43.9 Å². The summed E-state index contributed by atoms with van der Waals surface area (Å²) >= 11 is 0. The summed E-state index contributed by atoms with van der Waals surface area (Å²) in [5, 5.41) is 3.17. The molecule has 172 valence electrons. The minimum atomic E-state index is -4.49. The molecule has 0 saturated heterocycles. The third kappa shape index (κ3) is 4.89. The summed E-state index contributed by atoms with van der Waals surface area (Å²) in [4.78, 5) is 19.9. The normalized spacial score (nSPS) is 24.1. The molecular weight excluding hydrogens is 435 g/mol. The van der Waals surface area contributed by atoms with Crippen LogP contribution in [0, 0.1) is 5.92 Å². The molecule has 2 aliphatic heterocycles. The van der Waals surface area contributed by atoms with Gasteiger partial charge < -0.3 is 15.1 Å². The third-order valence-corrected chi connectivity index (χ3v) is 6.90. The zero-order valence-corrected chi connectivity index (χ0v) is 18.0. The molecule has 3 aliphatic rings. The number of nitrogens with zero attached hydrogens (tertiary/aromatic N) is 3. The average molecular weight is 462 g/mol. The van der Waals surface area contributed by atoms with Crippen LogP contribution in [0.5, 0.6) is 0 Å². The van der Waals surface area contributed by atoms with E-state index >= 15 is 0 Å². The highest BCUT2D eigenvalue weighted by Crippen LogP contribution is 2.41.